The monoisotopic (exact) mass is 362 g/mol. The summed E-state index contributed by atoms with van der Waals surface area (Å²) in [5.41, 5.74) is 1.58. The van der Waals surface area contributed by atoms with Gasteiger partial charge in [-0.25, -0.2) is 4.39 Å². The maximum absolute atomic E-state index is 13.0. The summed E-state index contributed by atoms with van der Waals surface area (Å²) < 4.78 is 18.8. The number of carbonyl (C=O) groups excluding carboxylic acids is 1. The summed E-state index contributed by atoms with van der Waals surface area (Å²) in [6.07, 6.45) is 0.280. The Morgan fingerprint density at radius 2 is 2.00 bits per heavy atom. The van der Waals surface area contributed by atoms with Crippen LogP contribution in [-0.2, 0) is 9.53 Å². The van der Waals surface area contributed by atoms with Crippen molar-refractivity contribution < 1.29 is 13.9 Å². The summed E-state index contributed by atoms with van der Waals surface area (Å²) in [7, 11) is 0. The Bertz CT molecular complexity index is 724. The van der Waals surface area contributed by atoms with Gasteiger partial charge in [-0.3, -0.25) is 9.69 Å². The quantitative estimate of drug-likeness (QED) is 0.877. The van der Waals surface area contributed by atoms with Crippen molar-refractivity contribution in [2.75, 3.05) is 31.6 Å². The van der Waals surface area contributed by atoms with E-state index in [1.807, 2.05) is 12.1 Å². The molecule has 1 saturated heterocycles. The summed E-state index contributed by atoms with van der Waals surface area (Å²) in [6.45, 7) is 2.69. The average molecular weight is 363 g/mol. The van der Waals surface area contributed by atoms with E-state index < -0.39 is 0 Å². The van der Waals surface area contributed by atoms with E-state index in [9.17, 15) is 9.18 Å². The van der Waals surface area contributed by atoms with Crippen molar-refractivity contribution in [1.82, 2.24) is 4.90 Å². The van der Waals surface area contributed by atoms with Gasteiger partial charge in [0.1, 0.15) is 5.82 Å². The summed E-state index contributed by atoms with van der Waals surface area (Å²) in [5, 5.41) is 3.35. The van der Waals surface area contributed by atoms with E-state index in [-0.39, 0.29) is 17.8 Å². The van der Waals surface area contributed by atoms with Crippen LogP contribution in [0.5, 0.6) is 0 Å². The third kappa shape index (κ3) is 5.01. The van der Waals surface area contributed by atoms with Gasteiger partial charge in [0.05, 0.1) is 23.4 Å². The lowest BCUT2D eigenvalue weighted by atomic mass is 10.1. The van der Waals surface area contributed by atoms with Crippen LogP contribution in [-0.4, -0.2) is 37.0 Å². The number of halogens is 2. The van der Waals surface area contributed by atoms with Crippen LogP contribution in [0.1, 0.15) is 18.1 Å². The van der Waals surface area contributed by atoms with E-state index in [4.69, 9.17) is 16.3 Å². The average Bonchev–Trinajstić information content (AvgIpc) is 2.63. The molecule has 0 saturated carbocycles. The number of benzene rings is 2. The smallest absolute Gasteiger partial charge is 0.225 e. The second-order valence-corrected chi connectivity index (χ2v) is 6.40. The Labute approximate surface area is 151 Å². The lowest BCUT2D eigenvalue weighted by molar-refractivity contribution is -0.117. The van der Waals surface area contributed by atoms with Gasteiger partial charge in [0.25, 0.3) is 0 Å². The number of nitrogens with zero attached hydrogens (tertiary/aromatic N) is 1. The Morgan fingerprint density at radius 3 is 2.76 bits per heavy atom. The molecule has 132 valence electrons. The molecular formula is C19H20ClFN2O2. The molecule has 0 bridgehead atoms. The number of amides is 1. The zero-order chi connectivity index (χ0) is 17.6. The maximum Gasteiger partial charge on any atom is 0.225 e. The molecule has 0 unspecified atom stereocenters. The summed E-state index contributed by atoms with van der Waals surface area (Å²) in [4.78, 5) is 14.3. The molecule has 3 rings (SSSR count). The minimum absolute atomic E-state index is 0.0714. The number of hydrogen-bond donors (Lipinski definition) is 1. The fourth-order valence-electron chi connectivity index (χ4n) is 2.82. The number of morpholine rings is 1. The van der Waals surface area contributed by atoms with Crippen molar-refractivity contribution in [3.8, 4) is 0 Å². The lowest BCUT2D eigenvalue weighted by Crippen LogP contribution is -2.39. The molecular weight excluding hydrogens is 343 g/mol. The molecule has 1 amide bonds. The minimum Gasteiger partial charge on any atom is -0.371 e. The molecule has 1 heterocycles. The van der Waals surface area contributed by atoms with Crippen LogP contribution in [0.15, 0.2) is 48.5 Å². The van der Waals surface area contributed by atoms with Gasteiger partial charge in [0.2, 0.25) is 5.91 Å². The Balaban J connectivity index is 1.50. The molecule has 0 aromatic heterocycles. The van der Waals surface area contributed by atoms with Gasteiger partial charge in [-0.15, -0.1) is 0 Å². The topological polar surface area (TPSA) is 41.6 Å². The highest BCUT2D eigenvalue weighted by atomic mass is 35.5. The molecule has 1 N–H and O–H groups in total. The number of nitrogens with one attached hydrogen (secondary N) is 1. The van der Waals surface area contributed by atoms with Gasteiger partial charge in [-0.05, 0) is 29.8 Å². The molecule has 1 atom stereocenters. The van der Waals surface area contributed by atoms with Crippen molar-refractivity contribution in [2.24, 2.45) is 0 Å². The van der Waals surface area contributed by atoms with Crippen LogP contribution in [0.2, 0.25) is 5.02 Å². The van der Waals surface area contributed by atoms with Crippen molar-refractivity contribution in [1.29, 1.82) is 0 Å². The number of carbonyl (C=O) groups is 1. The predicted molar refractivity (Wildman–Crippen MR) is 96.2 cm³/mol. The zero-order valence-electron chi connectivity index (χ0n) is 13.8. The molecule has 0 aliphatic carbocycles. The van der Waals surface area contributed by atoms with Crippen molar-refractivity contribution >= 4 is 23.2 Å². The van der Waals surface area contributed by atoms with Crippen LogP contribution < -0.4 is 5.32 Å². The van der Waals surface area contributed by atoms with Crippen LogP contribution >= 0.6 is 11.6 Å². The number of rotatable bonds is 5. The van der Waals surface area contributed by atoms with E-state index >= 15 is 0 Å². The second kappa shape index (κ2) is 8.43. The molecule has 1 aliphatic heterocycles. The third-order valence-corrected chi connectivity index (χ3v) is 4.52. The van der Waals surface area contributed by atoms with Gasteiger partial charge < -0.3 is 10.1 Å². The highest BCUT2D eigenvalue weighted by Crippen LogP contribution is 2.23. The Hall–Kier alpha value is -1.95. The fraction of sp³-hybridized carbons (Fsp3) is 0.316. The van der Waals surface area contributed by atoms with E-state index in [2.05, 4.69) is 10.2 Å². The standard InChI is InChI=1S/C19H20ClFN2O2/c20-16-3-1-2-4-17(16)22-19(24)9-10-23-11-12-25-18(13-23)14-5-7-15(21)8-6-14/h1-8,18H,9-13H2,(H,22,24)/t18-/m0/s1. The first-order valence-electron chi connectivity index (χ1n) is 8.25. The molecule has 25 heavy (non-hydrogen) atoms. The largest absolute Gasteiger partial charge is 0.371 e. The summed E-state index contributed by atoms with van der Waals surface area (Å²) in [5.74, 6) is -0.328. The molecule has 4 nitrogen and oxygen atoms in total. The highest BCUT2D eigenvalue weighted by molar-refractivity contribution is 6.33. The SMILES string of the molecule is O=C(CCN1CCO[C@H](c2ccc(F)cc2)C1)Nc1ccccc1Cl. The van der Waals surface area contributed by atoms with E-state index in [1.165, 1.54) is 12.1 Å². The lowest BCUT2D eigenvalue weighted by Gasteiger charge is -2.33. The van der Waals surface area contributed by atoms with Crippen molar-refractivity contribution in [2.45, 2.75) is 12.5 Å². The first-order chi connectivity index (χ1) is 12.1. The molecule has 6 heteroatoms. The molecule has 0 radical (unpaired) electrons. The second-order valence-electron chi connectivity index (χ2n) is 5.99. The van der Waals surface area contributed by atoms with E-state index in [0.717, 1.165) is 12.1 Å². The molecule has 0 spiro atoms. The number of hydrogen-bond acceptors (Lipinski definition) is 3. The first kappa shape index (κ1) is 17.9. The molecule has 2 aromatic carbocycles. The summed E-state index contributed by atoms with van der Waals surface area (Å²) >= 11 is 6.05. The number of para-hydroxylation sites is 1. The molecule has 1 fully saturated rings. The van der Waals surface area contributed by atoms with E-state index in [0.29, 0.717) is 36.8 Å². The molecule has 2 aromatic rings. The van der Waals surface area contributed by atoms with Gasteiger partial charge >= 0.3 is 0 Å². The Morgan fingerprint density at radius 1 is 1.24 bits per heavy atom. The predicted octanol–water partition coefficient (Wildman–Crippen LogP) is 3.88. The van der Waals surface area contributed by atoms with Crippen LogP contribution in [0.4, 0.5) is 10.1 Å². The number of anilines is 1. The van der Waals surface area contributed by atoms with Crippen LogP contribution in [0, 0.1) is 5.82 Å². The summed E-state index contributed by atoms with van der Waals surface area (Å²) in [6, 6.07) is 13.5. The fourth-order valence-corrected chi connectivity index (χ4v) is 3.00. The normalized spacial score (nSPS) is 18.1. The highest BCUT2D eigenvalue weighted by Gasteiger charge is 2.22. The maximum atomic E-state index is 13.0. The van der Waals surface area contributed by atoms with Gasteiger partial charge in [-0.2, -0.15) is 0 Å². The van der Waals surface area contributed by atoms with Crippen molar-refractivity contribution in [3.63, 3.8) is 0 Å². The zero-order valence-corrected chi connectivity index (χ0v) is 14.5. The third-order valence-electron chi connectivity index (χ3n) is 4.20. The van der Waals surface area contributed by atoms with Crippen LogP contribution in [0.25, 0.3) is 0 Å². The van der Waals surface area contributed by atoms with Gasteiger partial charge in [-0.1, -0.05) is 35.9 Å². The Kier molecular flexibility index (Phi) is 6.02. The van der Waals surface area contributed by atoms with E-state index in [1.54, 1.807) is 24.3 Å². The van der Waals surface area contributed by atoms with Crippen LogP contribution in [0.3, 0.4) is 0 Å². The molecule has 1 aliphatic rings. The first-order valence-corrected chi connectivity index (χ1v) is 8.63. The minimum atomic E-state index is -0.257. The van der Waals surface area contributed by atoms with Crippen molar-refractivity contribution in [3.05, 3.63) is 64.9 Å². The van der Waals surface area contributed by atoms with Gasteiger partial charge in [0, 0.05) is 26.1 Å². The van der Waals surface area contributed by atoms with Gasteiger partial charge in [0.15, 0.2) is 0 Å². The number of ether oxygens (including phenoxy) is 1.